The number of aromatic nitrogens is 3. The number of fused-ring (bicyclic) bond motifs is 3. The van der Waals surface area contributed by atoms with Crippen molar-refractivity contribution in [1.82, 2.24) is 14.6 Å². The average molecular weight is 404 g/mol. The lowest BCUT2D eigenvalue weighted by atomic mass is 10.2. The summed E-state index contributed by atoms with van der Waals surface area (Å²) >= 11 is 0. The summed E-state index contributed by atoms with van der Waals surface area (Å²) in [6, 6.07) is 13.2. The van der Waals surface area contributed by atoms with Crippen LogP contribution in [0.4, 0.5) is 0 Å². The number of benzene rings is 2. The van der Waals surface area contributed by atoms with Crippen LogP contribution in [-0.2, 0) is 0 Å². The van der Waals surface area contributed by atoms with E-state index >= 15 is 0 Å². The summed E-state index contributed by atoms with van der Waals surface area (Å²) in [7, 11) is 1.61. The molecule has 30 heavy (non-hydrogen) atoms. The van der Waals surface area contributed by atoms with E-state index in [1.54, 1.807) is 13.3 Å². The Kier molecular flexibility index (Phi) is 5.79. The molecule has 0 radical (unpaired) electrons. The Hall–Kier alpha value is -3.61. The molecule has 7 heteroatoms. The van der Waals surface area contributed by atoms with Gasteiger partial charge in [-0.2, -0.15) is 9.78 Å². The van der Waals surface area contributed by atoms with Gasteiger partial charge in [0.25, 0.3) is 5.56 Å². The van der Waals surface area contributed by atoms with Crippen LogP contribution in [0.3, 0.4) is 0 Å². The molecule has 2 aromatic heterocycles. The monoisotopic (exact) mass is 404 g/mol. The molecule has 0 unspecified atom stereocenters. The first-order chi connectivity index (χ1) is 14.7. The lowest BCUT2D eigenvalue weighted by molar-refractivity contribution is 0.306. The fraction of sp³-hybridized carbons (Fsp3) is 0.261. The number of methoxy groups -OCH3 is 1. The molecule has 4 aromatic rings. The fourth-order valence-electron chi connectivity index (χ4n) is 3.26. The highest BCUT2D eigenvalue weighted by Crippen LogP contribution is 2.25. The van der Waals surface area contributed by atoms with Crippen molar-refractivity contribution in [2.75, 3.05) is 13.7 Å². The lowest BCUT2D eigenvalue weighted by Gasteiger charge is -2.05. The normalized spacial score (nSPS) is 11.5. The van der Waals surface area contributed by atoms with Gasteiger partial charge in [0.2, 0.25) is 0 Å². The Bertz CT molecular complexity index is 1240. The summed E-state index contributed by atoms with van der Waals surface area (Å²) in [6.45, 7) is 2.89. The van der Waals surface area contributed by atoms with Gasteiger partial charge in [-0.05, 0) is 54.4 Å². The van der Waals surface area contributed by atoms with E-state index in [0.29, 0.717) is 16.8 Å². The number of aromatic amines is 1. The van der Waals surface area contributed by atoms with Crippen molar-refractivity contribution in [3.63, 3.8) is 0 Å². The van der Waals surface area contributed by atoms with Crippen molar-refractivity contribution in [3.8, 4) is 11.5 Å². The minimum Gasteiger partial charge on any atom is -0.497 e. The van der Waals surface area contributed by atoms with Crippen molar-refractivity contribution in [2.24, 2.45) is 5.10 Å². The van der Waals surface area contributed by atoms with Crippen LogP contribution in [0.5, 0.6) is 11.5 Å². The van der Waals surface area contributed by atoms with Gasteiger partial charge in [-0.25, -0.2) is 4.98 Å². The molecular weight excluding hydrogens is 380 g/mol. The van der Waals surface area contributed by atoms with Gasteiger partial charge in [0.15, 0.2) is 0 Å². The smallest absolute Gasteiger partial charge is 0.298 e. The minimum absolute atomic E-state index is 0.262. The molecule has 0 fully saturated rings. The molecule has 0 atom stereocenters. The SMILES string of the molecule is CCCCCOc1ccc(C=Nn2cnc3c([nH]c4ccc(OC)cc43)c2=O)cc1. The van der Waals surface area contributed by atoms with Gasteiger partial charge in [-0.3, -0.25) is 4.79 Å². The highest BCUT2D eigenvalue weighted by atomic mass is 16.5. The molecule has 2 aromatic carbocycles. The second kappa shape index (κ2) is 8.82. The third kappa shape index (κ3) is 4.05. The maximum atomic E-state index is 12.8. The van der Waals surface area contributed by atoms with Gasteiger partial charge >= 0.3 is 0 Å². The molecule has 2 heterocycles. The molecular formula is C23H24N4O3. The van der Waals surface area contributed by atoms with Crippen LogP contribution in [-0.4, -0.2) is 34.6 Å². The number of unbranched alkanes of at least 4 members (excludes halogenated alkanes) is 2. The van der Waals surface area contributed by atoms with E-state index in [0.717, 1.165) is 35.2 Å². The number of nitrogens with zero attached hydrogens (tertiary/aromatic N) is 3. The maximum Gasteiger partial charge on any atom is 0.298 e. The van der Waals surface area contributed by atoms with Crippen molar-refractivity contribution in [3.05, 3.63) is 64.7 Å². The first-order valence-corrected chi connectivity index (χ1v) is 10.0. The van der Waals surface area contributed by atoms with Crippen molar-refractivity contribution >= 4 is 28.2 Å². The second-order valence-electron chi connectivity index (χ2n) is 7.02. The number of rotatable bonds is 8. The number of H-pyrrole nitrogens is 1. The Labute approximate surface area is 174 Å². The summed E-state index contributed by atoms with van der Waals surface area (Å²) in [4.78, 5) is 20.4. The van der Waals surface area contributed by atoms with Crippen molar-refractivity contribution < 1.29 is 9.47 Å². The van der Waals surface area contributed by atoms with E-state index in [4.69, 9.17) is 9.47 Å². The van der Waals surface area contributed by atoms with Crippen LogP contribution in [0.15, 0.2) is 58.7 Å². The van der Waals surface area contributed by atoms with Crippen LogP contribution in [0.2, 0.25) is 0 Å². The third-order valence-corrected chi connectivity index (χ3v) is 4.92. The molecule has 0 aliphatic carbocycles. The molecule has 0 spiro atoms. The van der Waals surface area contributed by atoms with E-state index in [9.17, 15) is 4.79 Å². The number of hydrogen-bond donors (Lipinski definition) is 1. The molecule has 0 saturated heterocycles. The number of ether oxygens (including phenoxy) is 2. The van der Waals surface area contributed by atoms with Crippen LogP contribution in [0.1, 0.15) is 31.7 Å². The third-order valence-electron chi connectivity index (χ3n) is 4.92. The fourth-order valence-corrected chi connectivity index (χ4v) is 3.26. The Morgan fingerprint density at radius 1 is 1.13 bits per heavy atom. The summed E-state index contributed by atoms with van der Waals surface area (Å²) in [5.41, 5.74) is 2.44. The predicted octanol–water partition coefficient (Wildman–Crippen LogP) is 4.34. The molecule has 154 valence electrons. The van der Waals surface area contributed by atoms with Crippen LogP contribution < -0.4 is 15.0 Å². The quantitative estimate of drug-likeness (QED) is 0.350. The molecule has 7 nitrogen and oxygen atoms in total. The van der Waals surface area contributed by atoms with E-state index < -0.39 is 0 Å². The molecule has 4 rings (SSSR count). The van der Waals surface area contributed by atoms with Crippen LogP contribution in [0, 0.1) is 0 Å². The van der Waals surface area contributed by atoms with Gasteiger partial charge in [-0.15, -0.1) is 0 Å². The van der Waals surface area contributed by atoms with E-state index in [2.05, 4.69) is 22.0 Å². The van der Waals surface area contributed by atoms with Gasteiger partial charge in [0.05, 0.1) is 19.9 Å². The zero-order valence-corrected chi connectivity index (χ0v) is 17.1. The Balaban J connectivity index is 1.55. The van der Waals surface area contributed by atoms with Crippen LogP contribution >= 0.6 is 0 Å². The molecule has 0 amide bonds. The van der Waals surface area contributed by atoms with Gasteiger partial charge < -0.3 is 14.5 Å². The molecule has 0 saturated carbocycles. The van der Waals surface area contributed by atoms with Gasteiger partial charge in [0, 0.05) is 10.9 Å². The summed E-state index contributed by atoms with van der Waals surface area (Å²) in [5, 5.41) is 5.12. The molecule has 0 aliphatic rings. The average Bonchev–Trinajstić information content (AvgIpc) is 3.16. The first kappa shape index (κ1) is 19.7. The van der Waals surface area contributed by atoms with Crippen molar-refractivity contribution in [1.29, 1.82) is 0 Å². The zero-order valence-electron chi connectivity index (χ0n) is 17.1. The van der Waals surface area contributed by atoms with Crippen LogP contribution in [0.25, 0.3) is 21.9 Å². The molecule has 1 N–H and O–H groups in total. The second-order valence-corrected chi connectivity index (χ2v) is 7.02. The Morgan fingerprint density at radius 3 is 2.70 bits per heavy atom. The lowest BCUT2D eigenvalue weighted by Crippen LogP contribution is -2.17. The Morgan fingerprint density at radius 2 is 1.93 bits per heavy atom. The van der Waals surface area contributed by atoms with Crippen molar-refractivity contribution in [2.45, 2.75) is 26.2 Å². The highest BCUT2D eigenvalue weighted by Gasteiger charge is 2.11. The summed E-state index contributed by atoms with van der Waals surface area (Å²) < 4.78 is 12.2. The standard InChI is InChI=1S/C23H24N4O3/c1-3-4-5-12-30-17-8-6-16(7-9-17)14-25-27-15-24-21-19-13-18(29-2)10-11-20(19)26-22(21)23(27)28/h6-11,13-15,26H,3-5,12H2,1-2H3. The molecule has 0 aliphatic heterocycles. The largest absolute Gasteiger partial charge is 0.497 e. The number of hydrogen-bond acceptors (Lipinski definition) is 5. The minimum atomic E-state index is -0.262. The van der Waals surface area contributed by atoms with E-state index in [-0.39, 0.29) is 5.56 Å². The van der Waals surface area contributed by atoms with Gasteiger partial charge in [0.1, 0.15) is 28.9 Å². The zero-order chi connectivity index (χ0) is 20.9. The van der Waals surface area contributed by atoms with E-state index in [1.165, 1.54) is 23.8 Å². The summed E-state index contributed by atoms with van der Waals surface area (Å²) in [5.74, 6) is 1.54. The van der Waals surface area contributed by atoms with E-state index in [1.807, 2.05) is 42.5 Å². The maximum absolute atomic E-state index is 12.8. The number of nitrogens with one attached hydrogen (secondary N) is 1. The predicted molar refractivity (Wildman–Crippen MR) is 119 cm³/mol. The van der Waals surface area contributed by atoms with Gasteiger partial charge in [-0.1, -0.05) is 19.8 Å². The summed E-state index contributed by atoms with van der Waals surface area (Å²) in [6.07, 6.45) is 6.45. The molecule has 0 bridgehead atoms. The topological polar surface area (TPSA) is 81.5 Å². The first-order valence-electron chi connectivity index (χ1n) is 10.0. The highest BCUT2D eigenvalue weighted by molar-refractivity contribution is 6.04.